The highest BCUT2D eigenvalue weighted by Crippen LogP contribution is 2.16. The Morgan fingerprint density at radius 2 is 1.69 bits per heavy atom. The Bertz CT molecular complexity index is 973. The lowest BCUT2D eigenvalue weighted by atomic mass is 10.0. The van der Waals surface area contributed by atoms with Crippen LogP contribution in [0.25, 0.3) is 6.08 Å². The van der Waals surface area contributed by atoms with E-state index in [1.807, 2.05) is 30.3 Å². The zero-order valence-corrected chi connectivity index (χ0v) is 16.5. The summed E-state index contributed by atoms with van der Waals surface area (Å²) in [4.78, 5) is 25.3. The molecule has 2 amide bonds. The van der Waals surface area contributed by atoms with E-state index in [1.165, 1.54) is 5.56 Å². The molecule has 3 aromatic rings. The lowest BCUT2D eigenvalue weighted by molar-refractivity contribution is -0.118. The molecule has 148 valence electrons. The first-order chi connectivity index (χ1) is 14.0. The number of hydrogen-bond donors (Lipinski definition) is 2. The minimum absolute atomic E-state index is 0.169. The molecule has 0 bridgehead atoms. The number of furan rings is 1. The second kappa shape index (κ2) is 9.55. The molecule has 0 fully saturated rings. The summed E-state index contributed by atoms with van der Waals surface area (Å²) in [6.07, 6.45) is 3.22. The Kier molecular flexibility index (Phi) is 6.63. The maximum absolute atomic E-state index is 12.7. The van der Waals surface area contributed by atoms with Gasteiger partial charge in [0, 0.05) is 5.56 Å². The van der Waals surface area contributed by atoms with E-state index in [9.17, 15) is 9.59 Å². The first kappa shape index (κ1) is 20.1. The van der Waals surface area contributed by atoms with Crippen molar-refractivity contribution in [2.45, 2.75) is 26.3 Å². The minimum atomic E-state index is -0.390. The van der Waals surface area contributed by atoms with Crippen molar-refractivity contribution < 1.29 is 14.0 Å². The SMILES string of the molecule is CC(C)c1ccc(/C=C(\NC(=O)c2ccccc2)C(=O)NCc2ccco2)cc1. The summed E-state index contributed by atoms with van der Waals surface area (Å²) in [5.41, 5.74) is 2.68. The third-order valence-corrected chi connectivity index (χ3v) is 4.45. The molecule has 1 aromatic heterocycles. The van der Waals surface area contributed by atoms with Gasteiger partial charge in [-0.25, -0.2) is 0 Å². The minimum Gasteiger partial charge on any atom is -0.467 e. The van der Waals surface area contributed by atoms with Gasteiger partial charge in [0.1, 0.15) is 11.5 Å². The largest absolute Gasteiger partial charge is 0.467 e. The summed E-state index contributed by atoms with van der Waals surface area (Å²) < 4.78 is 5.25. The van der Waals surface area contributed by atoms with E-state index >= 15 is 0 Å². The Morgan fingerprint density at radius 1 is 0.966 bits per heavy atom. The lowest BCUT2D eigenvalue weighted by Crippen LogP contribution is -2.34. The first-order valence-corrected chi connectivity index (χ1v) is 9.51. The van der Waals surface area contributed by atoms with E-state index in [0.717, 1.165) is 5.56 Å². The average Bonchev–Trinajstić information content (AvgIpc) is 3.26. The van der Waals surface area contributed by atoms with Crippen LogP contribution in [0.15, 0.2) is 83.1 Å². The van der Waals surface area contributed by atoms with E-state index in [4.69, 9.17) is 4.42 Å². The van der Waals surface area contributed by atoms with Crippen molar-refractivity contribution in [3.8, 4) is 0 Å². The summed E-state index contributed by atoms with van der Waals surface area (Å²) in [6.45, 7) is 4.48. The van der Waals surface area contributed by atoms with E-state index in [0.29, 0.717) is 17.2 Å². The molecule has 0 aliphatic heterocycles. The molecule has 0 aliphatic rings. The van der Waals surface area contributed by atoms with E-state index < -0.39 is 5.91 Å². The van der Waals surface area contributed by atoms with Crippen molar-refractivity contribution in [1.82, 2.24) is 10.6 Å². The monoisotopic (exact) mass is 388 g/mol. The van der Waals surface area contributed by atoms with E-state index in [-0.39, 0.29) is 18.1 Å². The zero-order valence-electron chi connectivity index (χ0n) is 16.5. The van der Waals surface area contributed by atoms with Crippen LogP contribution in [0.2, 0.25) is 0 Å². The summed E-state index contributed by atoms with van der Waals surface area (Å²) in [6, 6.07) is 20.2. The van der Waals surface area contributed by atoms with Crippen LogP contribution in [0.5, 0.6) is 0 Å². The Balaban J connectivity index is 1.81. The van der Waals surface area contributed by atoms with Crippen LogP contribution in [0.1, 0.15) is 47.0 Å². The predicted octanol–water partition coefficient (Wildman–Crippen LogP) is 4.49. The molecule has 1 heterocycles. The normalized spacial score (nSPS) is 11.3. The van der Waals surface area contributed by atoms with Crippen LogP contribution >= 0.6 is 0 Å². The molecular weight excluding hydrogens is 364 g/mol. The fourth-order valence-corrected chi connectivity index (χ4v) is 2.76. The number of rotatable bonds is 7. The molecule has 5 nitrogen and oxygen atoms in total. The molecule has 0 radical (unpaired) electrons. The first-order valence-electron chi connectivity index (χ1n) is 9.51. The quantitative estimate of drug-likeness (QED) is 0.586. The molecule has 0 saturated carbocycles. The Labute approximate surface area is 170 Å². The smallest absolute Gasteiger partial charge is 0.268 e. The highest BCUT2D eigenvalue weighted by atomic mass is 16.3. The van der Waals surface area contributed by atoms with Crippen molar-refractivity contribution in [2.75, 3.05) is 0 Å². The molecule has 2 N–H and O–H groups in total. The van der Waals surface area contributed by atoms with Crippen LogP contribution < -0.4 is 10.6 Å². The van der Waals surface area contributed by atoms with Crippen LogP contribution in [0.3, 0.4) is 0 Å². The molecule has 5 heteroatoms. The number of hydrogen-bond acceptors (Lipinski definition) is 3. The van der Waals surface area contributed by atoms with Crippen molar-refractivity contribution in [3.05, 3.63) is 101 Å². The number of nitrogens with one attached hydrogen (secondary N) is 2. The van der Waals surface area contributed by atoms with Crippen LogP contribution in [0.4, 0.5) is 0 Å². The summed E-state index contributed by atoms with van der Waals surface area (Å²) >= 11 is 0. The number of benzene rings is 2. The second-order valence-electron chi connectivity index (χ2n) is 6.96. The van der Waals surface area contributed by atoms with Crippen LogP contribution in [-0.2, 0) is 11.3 Å². The molecular formula is C24H24N2O3. The van der Waals surface area contributed by atoms with E-state index in [2.05, 4.69) is 24.5 Å². The van der Waals surface area contributed by atoms with Crippen molar-refractivity contribution in [1.29, 1.82) is 0 Å². The maximum atomic E-state index is 12.7. The highest BCUT2D eigenvalue weighted by molar-refractivity contribution is 6.05. The van der Waals surface area contributed by atoms with Gasteiger partial charge in [-0.05, 0) is 47.4 Å². The van der Waals surface area contributed by atoms with Gasteiger partial charge < -0.3 is 15.1 Å². The zero-order chi connectivity index (χ0) is 20.6. The standard InChI is InChI=1S/C24H24N2O3/c1-17(2)19-12-10-18(11-13-19)15-22(24(28)25-16-21-9-6-14-29-21)26-23(27)20-7-4-3-5-8-20/h3-15,17H,16H2,1-2H3,(H,25,28)(H,26,27)/b22-15-. The van der Waals surface area contributed by atoms with Crippen molar-refractivity contribution >= 4 is 17.9 Å². The summed E-state index contributed by atoms with van der Waals surface area (Å²) in [5, 5.41) is 5.50. The van der Waals surface area contributed by atoms with Gasteiger partial charge in [0.25, 0.3) is 11.8 Å². The topological polar surface area (TPSA) is 71.3 Å². The predicted molar refractivity (Wildman–Crippen MR) is 113 cm³/mol. The molecule has 2 aromatic carbocycles. The number of carbonyl (C=O) groups is 2. The molecule has 0 saturated heterocycles. The van der Waals surface area contributed by atoms with Gasteiger partial charge in [-0.15, -0.1) is 0 Å². The lowest BCUT2D eigenvalue weighted by Gasteiger charge is -2.11. The Morgan fingerprint density at radius 3 is 2.31 bits per heavy atom. The molecule has 3 rings (SSSR count). The summed E-state index contributed by atoms with van der Waals surface area (Å²) in [5.74, 6) is 0.317. The molecule has 0 unspecified atom stereocenters. The third-order valence-electron chi connectivity index (χ3n) is 4.45. The molecule has 0 aliphatic carbocycles. The molecule has 0 atom stereocenters. The van der Waals surface area contributed by atoms with Gasteiger partial charge in [0.2, 0.25) is 0 Å². The fourth-order valence-electron chi connectivity index (χ4n) is 2.76. The van der Waals surface area contributed by atoms with Gasteiger partial charge in [0.05, 0.1) is 12.8 Å². The third kappa shape index (κ3) is 5.69. The molecule has 29 heavy (non-hydrogen) atoms. The molecule has 0 spiro atoms. The van der Waals surface area contributed by atoms with Crippen molar-refractivity contribution in [3.63, 3.8) is 0 Å². The van der Waals surface area contributed by atoms with Gasteiger partial charge in [-0.3, -0.25) is 9.59 Å². The second-order valence-corrected chi connectivity index (χ2v) is 6.96. The number of carbonyl (C=O) groups excluding carboxylic acids is 2. The van der Waals surface area contributed by atoms with Gasteiger partial charge in [-0.2, -0.15) is 0 Å². The van der Waals surface area contributed by atoms with Crippen molar-refractivity contribution in [2.24, 2.45) is 0 Å². The maximum Gasteiger partial charge on any atom is 0.268 e. The van der Waals surface area contributed by atoms with Crippen LogP contribution in [-0.4, -0.2) is 11.8 Å². The average molecular weight is 388 g/mol. The summed E-state index contributed by atoms with van der Waals surface area (Å²) in [7, 11) is 0. The van der Waals surface area contributed by atoms with Gasteiger partial charge in [-0.1, -0.05) is 56.3 Å². The Hall–Kier alpha value is -3.60. The van der Waals surface area contributed by atoms with E-state index in [1.54, 1.807) is 48.7 Å². The highest BCUT2D eigenvalue weighted by Gasteiger charge is 2.15. The van der Waals surface area contributed by atoms with Gasteiger partial charge in [0.15, 0.2) is 0 Å². The number of amides is 2. The van der Waals surface area contributed by atoms with Crippen LogP contribution in [0, 0.1) is 0 Å². The van der Waals surface area contributed by atoms with Gasteiger partial charge >= 0.3 is 0 Å². The fraction of sp³-hybridized carbons (Fsp3) is 0.167.